The monoisotopic (exact) mass is 259 g/mol. The van der Waals surface area contributed by atoms with Gasteiger partial charge in [0.2, 0.25) is 0 Å². The van der Waals surface area contributed by atoms with Crippen molar-refractivity contribution in [2.75, 3.05) is 18.5 Å². The van der Waals surface area contributed by atoms with E-state index in [1.54, 1.807) is 22.8 Å². The minimum absolute atomic E-state index is 0.186. The highest BCUT2D eigenvalue weighted by Crippen LogP contribution is 2.16. The Labute approximate surface area is 111 Å². The molecule has 2 aromatic rings. The molecular weight excluding hydrogens is 242 g/mol. The number of carbonyl (C=O) groups is 1. The van der Waals surface area contributed by atoms with Crippen LogP contribution in [0, 0.1) is 6.92 Å². The molecule has 1 aromatic carbocycles. The van der Waals surface area contributed by atoms with Crippen LogP contribution in [0.4, 0.5) is 5.69 Å². The van der Waals surface area contributed by atoms with Gasteiger partial charge in [-0.2, -0.15) is 0 Å². The van der Waals surface area contributed by atoms with Crippen molar-refractivity contribution in [2.24, 2.45) is 5.73 Å². The minimum atomic E-state index is -0.186. The van der Waals surface area contributed by atoms with Crippen molar-refractivity contribution >= 4 is 11.6 Å². The average molecular weight is 259 g/mol. The third kappa shape index (κ3) is 2.97. The number of benzene rings is 1. The zero-order valence-corrected chi connectivity index (χ0v) is 11.1. The van der Waals surface area contributed by atoms with Gasteiger partial charge in [-0.1, -0.05) is 17.3 Å². The maximum absolute atomic E-state index is 12.3. The molecule has 0 radical (unpaired) electrons. The van der Waals surface area contributed by atoms with Gasteiger partial charge in [0.1, 0.15) is 0 Å². The lowest BCUT2D eigenvalue weighted by molar-refractivity contribution is 0.0988. The number of carbonyl (C=O) groups excluding carboxylic acids is 1. The Kier molecular flexibility index (Phi) is 3.91. The molecule has 0 aliphatic rings. The van der Waals surface area contributed by atoms with Crippen molar-refractivity contribution in [3.8, 4) is 0 Å². The van der Waals surface area contributed by atoms with E-state index >= 15 is 0 Å². The van der Waals surface area contributed by atoms with E-state index < -0.39 is 0 Å². The summed E-state index contributed by atoms with van der Waals surface area (Å²) in [6.45, 7) is 3.00. The summed E-state index contributed by atoms with van der Waals surface area (Å²) in [7, 11) is 1.72. The second-order valence-corrected chi connectivity index (χ2v) is 4.36. The molecule has 0 saturated carbocycles. The summed E-state index contributed by atoms with van der Waals surface area (Å²) < 4.78 is 1.57. The van der Waals surface area contributed by atoms with E-state index in [4.69, 9.17) is 5.73 Å². The molecule has 2 N–H and O–H groups in total. The summed E-state index contributed by atoms with van der Waals surface area (Å²) in [5, 5.41) is 7.73. The summed E-state index contributed by atoms with van der Waals surface area (Å²) in [6.07, 6.45) is 1.61. The highest BCUT2D eigenvalue weighted by atomic mass is 16.2. The van der Waals surface area contributed by atoms with E-state index in [0.29, 0.717) is 18.8 Å². The molecule has 0 fully saturated rings. The largest absolute Gasteiger partial charge is 0.329 e. The summed E-state index contributed by atoms with van der Waals surface area (Å²) in [4.78, 5) is 13.8. The number of aryl methyl sites for hydroxylation is 1. The Hall–Kier alpha value is -2.21. The first-order chi connectivity index (χ1) is 9.11. The zero-order valence-electron chi connectivity index (χ0n) is 11.1. The van der Waals surface area contributed by atoms with Crippen LogP contribution in [-0.2, 0) is 6.54 Å². The molecular formula is C13H17N5O. The molecule has 100 valence electrons. The fraction of sp³-hybridized carbons (Fsp3) is 0.308. The average Bonchev–Trinajstić information content (AvgIpc) is 2.86. The molecule has 1 heterocycles. The highest BCUT2D eigenvalue weighted by molar-refractivity contribution is 6.04. The molecule has 0 atom stereocenters. The number of hydrogen-bond donors (Lipinski definition) is 1. The number of rotatable bonds is 4. The van der Waals surface area contributed by atoms with Crippen molar-refractivity contribution in [3.63, 3.8) is 0 Å². The van der Waals surface area contributed by atoms with E-state index in [1.807, 2.05) is 31.2 Å². The molecule has 2 rings (SSSR count). The smallest absolute Gasteiger partial charge is 0.280 e. The Morgan fingerprint density at radius 1 is 1.47 bits per heavy atom. The number of aromatic nitrogens is 3. The molecule has 0 bridgehead atoms. The van der Waals surface area contributed by atoms with Crippen molar-refractivity contribution < 1.29 is 4.79 Å². The van der Waals surface area contributed by atoms with Gasteiger partial charge in [-0.3, -0.25) is 9.48 Å². The van der Waals surface area contributed by atoms with Crippen LogP contribution in [0.3, 0.4) is 0 Å². The van der Waals surface area contributed by atoms with Gasteiger partial charge in [-0.05, 0) is 24.6 Å². The van der Waals surface area contributed by atoms with Gasteiger partial charge in [0.05, 0.1) is 12.7 Å². The molecule has 1 amide bonds. The number of nitrogens with zero attached hydrogens (tertiary/aromatic N) is 4. The number of hydrogen-bond acceptors (Lipinski definition) is 4. The summed E-state index contributed by atoms with van der Waals surface area (Å²) in [6, 6.07) is 7.73. The fourth-order valence-electron chi connectivity index (χ4n) is 1.76. The van der Waals surface area contributed by atoms with Crippen LogP contribution in [-0.4, -0.2) is 34.5 Å². The van der Waals surface area contributed by atoms with E-state index in [-0.39, 0.29) is 5.91 Å². The van der Waals surface area contributed by atoms with Gasteiger partial charge in [0, 0.05) is 19.3 Å². The van der Waals surface area contributed by atoms with Gasteiger partial charge in [-0.25, -0.2) is 0 Å². The standard InChI is InChI=1S/C13H17N5O/c1-10-4-3-5-11(8-10)17(2)13(19)12-9-18(7-6-14)16-15-12/h3-5,8-9H,6-7,14H2,1-2H3. The fourth-order valence-corrected chi connectivity index (χ4v) is 1.76. The summed E-state index contributed by atoms with van der Waals surface area (Å²) >= 11 is 0. The maximum atomic E-state index is 12.3. The number of anilines is 1. The quantitative estimate of drug-likeness (QED) is 0.882. The van der Waals surface area contributed by atoms with Crippen molar-refractivity contribution in [1.29, 1.82) is 0 Å². The van der Waals surface area contributed by atoms with Crippen LogP contribution in [0.25, 0.3) is 0 Å². The Balaban J connectivity index is 2.18. The number of nitrogens with two attached hydrogens (primary N) is 1. The van der Waals surface area contributed by atoms with Crippen molar-refractivity contribution in [1.82, 2.24) is 15.0 Å². The molecule has 0 aliphatic heterocycles. The summed E-state index contributed by atoms with van der Waals surface area (Å²) in [5.74, 6) is -0.186. The molecule has 6 nitrogen and oxygen atoms in total. The normalized spacial score (nSPS) is 10.5. The SMILES string of the molecule is Cc1cccc(N(C)C(=O)c2cn(CCN)nn2)c1. The molecule has 19 heavy (non-hydrogen) atoms. The number of amides is 1. The lowest BCUT2D eigenvalue weighted by Crippen LogP contribution is -2.26. The van der Waals surface area contributed by atoms with E-state index in [0.717, 1.165) is 11.3 Å². The molecule has 0 unspecified atom stereocenters. The lowest BCUT2D eigenvalue weighted by Gasteiger charge is -2.16. The molecule has 1 aromatic heterocycles. The maximum Gasteiger partial charge on any atom is 0.280 e. The second-order valence-electron chi connectivity index (χ2n) is 4.36. The van der Waals surface area contributed by atoms with Gasteiger partial charge < -0.3 is 10.6 Å². The minimum Gasteiger partial charge on any atom is -0.329 e. The van der Waals surface area contributed by atoms with Gasteiger partial charge in [-0.15, -0.1) is 5.10 Å². The first-order valence-electron chi connectivity index (χ1n) is 6.06. The molecule has 0 spiro atoms. The summed E-state index contributed by atoms with van der Waals surface area (Å²) in [5.41, 5.74) is 7.68. The van der Waals surface area contributed by atoms with Gasteiger partial charge in [0.15, 0.2) is 5.69 Å². The highest BCUT2D eigenvalue weighted by Gasteiger charge is 2.17. The third-order valence-electron chi connectivity index (χ3n) is 2.81. The third-order valence-corrected chi connectivity index (χ3v) is 2.81. The van der Waals surface area contributed by atoms with E-state index in [9.17, 15) is 4.79 Å². The Morgan fingerprint density at radius 2 is 2.26 bits per heavy atom. The van der Waals surface area contributed by atoms with Crippen LogP contribution in [0.1, 0.15) is 16.1 Å². The predicted octanol–water partition coefficient (Wildman–Crippen LogP) is 0.822. The first kappa shape index (κ1) is 13.2. The van der Waals surface area contributed by atoms with Crippen molar-refractivity contribution in [2.45, 2.75) is 13.5 Å². The van der Waals surface area contributed by atoms with Gasteiger partial charge in [0.25, 0.3) is 5.91 Å². The molecule has 6 heteroatoms. The van der Waals surface area contributed by atoms with E-state index in [1.165, 1.54) is 0 Å². The zero-order chi connectivity index (χ0) is 13.8. The Morgan fingerprint density at radius 3 is 2.95 bits per heavy atom. The predicted molar refractivity (Wildman–Crippen MR) is 73.0 cm³/mol. The van der Waals surface area contributed by atoms with E-state index in [2.05, 4.69) is 10.3 Å². The van der Waals surface area contributed by atoms with Crippen LogP contribution < -0.4 is 10.6 Å². The molecule has 0 saturated heterocycles. The second kappa shape index (κ2) is 5.62. The van der Waals surface area contributed by atoms with Crippen LogP contribution in [0.15, 0.2) is 30.5 Å². The van der Waals surface area contributed by atoms with Crippen LogP contribution in [0.2, 0.25) is 0 Å². The van der Waals surface area contributed by atoms with Gasteiger partial charge >= 0.3 is 0 Å². The lowest BCUT2D eigenvalue weighted by atomic mass is 10.2. The Bertz CT molecular complexity index is 578. The van der Waals surface area contributed by atoms with Crippen LogP contribution >= 0.6 is 0 Å². The topological polar surface area (TPSA) is 77.0 Å². The van der Waals surface area contributed by atoms with Crippen LogP contribution in [0.5, 0.6) is 0 Å². The first-order valence-corrected chi connectivity index (χ1v) is 6.06. The molecule has 0 aliphatic carbocycles. The van der Waals surface area contributed by atoms with Crippen molar-refractivity contribution in [3.05, 3.63) is 41.7 Å².